The molecular weight excluding hydrogens is 408 g/mol. The molecule has 0 aliphatic carbocycles. The molecule has 1 atom stereocenters. The maximum absolute atomic E-state index is 12.7. The van der Waals surface area contributed by atoms with Gasteiger partial charge in [-0.05, 0) is 43.7 Å². The Morgan fingerprint density at radius 3 is 2.59 bits per heavy atom. The van der Waals surface area contributed by atoms with E-state index in [1.807, 2.05) is 24.3 Å². The molecule has 1 aliphatic rings. The van der Waals surface area contributed by atoms with E-state index in [0.717, 1.165) is 5.56 Å². The average molecular weight is 428 g/mol. The Labute approximate surface area is 183 Å². The largest absolute Gasteiger partial charge is 0.507 e. The summed E-state index contributed by atoms with van der Waals surface area (Å²) in [5.74, 6) is 1.47. The van der Waals surface area contributed by atoms with Gasteiger partial charge in [0, 0.05) is 11.5 Å². The minimum absolute atomic E-state index is 0.0772. The van der Waals surface area contributed by atoms with Crippen LogP contribution in [-0.4, -0.2) is 37.6 Å². The van der Waals surface area contributed by atoms with Crippen LogP contribution in [0.15, 0.2) is 66.2 Å². The van der Waals surface area contributed by atoms with Crippen molar-refractivity contribution < 1.29 is 19.4 Å². The number of rotatable bonds is 4. The Kier molecular flexibility index (Phi) is 4.62. The average Bonchev–Trinajstić information content (AvgIpc) is 3.22. The van der Waals surface area contributed by atoms with E-state index in [1.165, 1.54) is 13.3 Å². The van der Waals surface area contributed by atoms with Crippen molar-refractivity contribution in [2.24, 2.45) is 0 Å². The van der Waals surface area contributed by atoms with Crippen LogP contribution in [0.3, 0.4) is 0 Å². The first-order valence-electron chi connectivity index (χ1n) is 10.0. The Morgan fingerprint density at radius 2 is 1.91 bits per heavy atom. The van der Waals surface area contributed by atoms with E-state index < -0.39 is 5.92 Å². The molecule has 2 aromatic carbocycles. The summed E-state index contributed by atoms with van der Waals surface area (Å²) < 4.78 is 12.8. The molecule has 1 aliphatic heterocycles. The molecule has 0 bridgehead atoms. The maximum Gasteiger partial charge on any atom is 0.228 e. The highest BCUT2D eigenvalue weighted by Gasteiger charge is 2.36. The first-order chi connectivity index (χ1) is 15.5. The van der Waals surface area contributed by atoms with Crippen LogP contribution in [0.25, 0.3) is 17.0 Å². The lowest BCUT2D eigenvalue weighted by molar-refractivity contribution is -0.114. The molecule has 0 fully saturated rings. The third kappa shape index (κ3) is 3.08. The lowest BCUT2D eigenvalue weighted by atomic mass is 9.82. The highest BCUT2D eigenvalue weighted by Crippen LogP contribution is 2.44. The number of nitrogens with zero attached hydrogens (tertiary/aromatic N) is 4. The van der Waals surface area contributed by atoms with Crippen molar-refractivity contribution in [1.29, 1.82) is 0 Å². The predicted molar refractivity (Wildman–Crippen MR) is 117 cm³/mol. The summed E-state index contributed by atoms with van der Waals surface area (Å²) >= 11 is 0. The number of phenolic OH excluding ortho intramolecular Hbond substituents is 1. The summed E-state index contributed by atoms with van der Waals surface area (Å²) in [5.41, 5.74) is 3.05. The SMILES string of the molecule is COc1ccc([C@@H]2C(C(C)=O)=C(C)Oc3ncn4nc(-c5ccccc5O)nc4c32)cc1. The van der Waals surface area contributed by atoms with E-state index in [2.05, 4.69) is 10.1 Å². The number of ether oxygens (including phenoxy) is 2. The number of aromatic hydroxyl groups is 1. The first-order valence-corrected chi connectivity index (χ1v) is 10.0. The molecular formula is C24H20N4O4. The number of allylic oxidation sites excluding steroid dienone is 2. The van der Waals surface area contributed by atoms with Gasteiger partial charge in [-0.2, -0.15) is 0 Å². The third-order valence-electron chi connectivity index (χ3n) is 5.57. The molecule has 8 nitrogen and oxygen atoms in total. The highest BCUT2D eigenvalue weighted by molar-refractivity contribution is 5.97. The minimum Gasteiger partial charge on any atom is -0.507 e. The van der Waals surface area contributed by atoms with E-state index >= 15 is 0 Å². The number of hydrogen-bond acceptors (Lipinski definition) is 7. The van der Waals surface area contributed by atoms with Gasteiger partial charge in [-0.25, -0.2) is 14.5 Å². The molecule has 32 heavy (non-hydrogen) atoms. The summed E-state index contributed by atoms with van der Waals surface area (Å²) in [6.07, 6.45) is 1.52. The Bertz CT molecular complexity index is 1390. The molecule has 160 valence electrons. The molecule has 0 radical (unpaired) electrons. The second kappa shape index (κ2) is 7.49. The summed E-state index contributed by atoms with van der Waals surface area (Å²) in [6.45, 7) is 3.29. The van der Waals surface area contributed by atoms with Gasteiger partial charge in [0.25, 0.3) is 0 Å². The van der Waals surface area contributed by atoms with Gasteiger partial charge in [-0.1, -0.05) is 24.3 Å². The van der Waals surface area contributed by atoms with E-state index in [1.54, 1.807) is 42.8 Å². The van der Waals surface area contributed by atoms with Gasteiger partial charge in [-0.3, -0.25) is 4.79 Å². The number of Topliss-reactive ketones (excluding diaryl/α,β-unsaturated/α-hetero) is 1. The topological polar surface area (TPSA) is 98.8 Å². The molecule has 1 N–H and O–H groups in total. The van der Waals surface area contributed by atoms with Crippen molar-refractivity contribution in [3.05, 3.63) is 77.3 Å². The van der Waals surface area contributed by atoms with Crippen molar-refractivity contribution in [1.82, 2.24) is 19.6 Å². The summed E-state index contributed by atoms with van der Waals surface area (Å²) in [5, 5.41) is 14.8. The Morgan fingerprint density at radius 1 is 1.16 bits per heavy atom. The number of hydrogen-bond donors (Lipinski definition) is 1. The summed E-state index contributed by atoms with van der Waals surface area (Å²) in [4.78, 5) is 21.8. The minimum atomic E-state index is -0.445. The fourth-order valence-electron chi connectivity index (χ4n) is 4.10. The molecule has 0 unspecified atom stereocenters. The molecule has 5 rings (SSSR count). The zero-order valence-corrected chi connectivity index (χ0v) is 17.7. The van der Waals surface area contributed by atoms with Crippen LogP contribution in [0.5, 0.6) is 17.4 Å². The van der Waals surface area contributed by atoms with Gasteiger partial charge in [0.05, 0.1) is 18.2 Å². The quantitative estimate of drug-likeness (QED) is 0.526. The number of para-hydroxylation sites is 1. The molecule has 0 saturated heterocycles. The van der Waals surface area contributed by atoms with Gasteiger partial charge in [0.2, 0.25) is 5.88 Å². The molecule has 2 aromatic heterocycles. The Hall–Kier alpha value is -4.20. The zero-order chi connectivity index (χ0) is 22.4. The first kappa shape index (κ1) is 19.7. The molecule has 8 heteroatoms. The van der Waals surface area contributed by atoms with Crippen molar-refractivity contribution in [2.75, 3.05) is 7.11 Å². The highest BCUT2D eigenvalue weighted by atomic mass is 16.5. The van der Waals surface area contributed by atoms with Crippen LogP contribution in [0.1, 0.15) is 30.9 Å². The van der Waals surface area contributed by atoms with Gasteiger partial charge in [0.1, 0.15) is 23.6 Å². The van der Waals surface area contributed by atoms with Crippen LogP contribution in [-0.2, 0) is 4.79 Å². The lowest BCUT2D eigenvalue weighted by Gasteiger charge is -2.28. The number of carbonyl (C=O) groups excluding carboxylic acids is 1. The van der Waals surface area contributed by atoms with Crippen molar-refractivity contribution in [3.8, 4) is 28.8 Å². The number of phenols is 1. The summed E-state index contributed by atoms with van der Waals surface area (Å²) in [6, 6.07) is 14.4. The second-order valence-corrected chi connectivity index (χ2v) is 7.52. The van der Waals surface area contributed by atoms with Crippen molar-refractivity contribution in [2.45, 2.75) is 19.8 Å². The van der Waals surface area contributed by atoms with E-state index in [-0.39, 0.29) is 11.5 Å². The monoisotopic (exact) mass is 428 g/mol. The van der Waals surface area contributed by atoms with Gasteiger partial charge < -0.3 is 14.6 Å². The van der Waals surface area contributed by atoms with Gasteiger partial charge >= 0.3 is 0 Å². The van der Waals surface area contributed by atoms with E-state index in [0.29, 0.717) is 45.6 Å². The maximum atomic E-state index is 12.7. The van der Waals surface area contributed by atoms with Crippen molar-refractivity contribution in [3.63, 3.8) is 0 Å². The zero-order valence-electron chi connectivity index (χ0n) is 17.7. The number of methoxy groups -OCH3 is 1. The number of ketones is 1. The molecule has 4 aromatic rings. The van der Waals surface area contributed by atoms with E-state index in [4.69, 9.17) is 14.5 Å². The number of carbonyl (C=O) groups is 1. The van der Waals surface area contributed by atoms with Crippen molar-refractivity contribution >= 4 is 11.4 Å². The molecule has 0 spiro atoms. The predicted octanol–water partition coefficient (Wildman–Crippen LogP) is 3.89. The second-order valence-electron chi connectivity index (χ2n) is 7.52. The summed E-state index contributed by atoms with van der Waals surface area (Å²) in [7, 11) is 1.61. The number of aromatic nitrogens is 4. The fraction of sp³-hybridized carbons (Fsp3) is 0.167. The smallest absolute Gasteiger partial charge is 0.228 e. The third-order valence-corrected chi connectivity index (χ3v) is 5.57. The standard InChI is InChI=1S/C24H20N4O4/c1-13(29)19-14(2)32-24-21(20(19)15-8-10-16(31-3)11-9-15)23-26-22(27-28(23)12-25-24)17-6-4-5-7-18(17)30/h4-12,20,30H,1-3H3/t20-/m1/s1. The van der Waals surface area contributed by atoms with E-state index in [9.17, 15) is 9.90 Å². The normalized spacial score (nSPS) is 15.4. The number of fused-ring (bicyclic) bond motifs is 3. The van der Waals surface area contributed by atoms with Crippen LogP contribution in [0.4, 0.5) is 0 Å². The molecule has 0 saturated carbocycles. The van der Waals surface area contributed by atoms with Gasteiger partial charge in [-0.15, -0.1) is 5.10 Å². The lowest BCUT2D eigenvalue weighted by Crippen LogP contribution is -2.22. The van der Waals surface area contributed by atoms with Crippen LogP contribution in [0, 0.1) is 0 Å². The Balaban J connectivity index is 1.77. The van der Waals surface area contributed by atoms with Gasteiger partial charge in [0.15, 0.2) is 17.3 Å². The number of benzene rings is 2. The fourth-order valence-corrected chi connectivity index (χ4v) is 4.10. The molecule has 0 amide bonds. The molecule has 3 heterocycles. The van der Waals surface area contributed by atoms with Crippen LogP contribution in [0.2, 0.25) is 0 Å². The van der Waals surface area contributed by atoms with Crippen LogP contribution < -0.4 is 9.47 Å². The van der Waals surface area contributed by atoms with Crippen LogP contribution >= 0.6 is 0 Å².